The fraction of sp³-hybridized carbons (Fsp3) is 0.536. The van der Waals surface area contributed by atoms with Crippen molar-refractivity contribution in [3.8, 4) is 0 Å². The molecule has 0 radical (unpaired) electrons. The van der Waals surface area contributed by atoms with Crippen LogP contribution < -0.4 is 4.90 Å². The number of cyclic esters (lactones) is 1. The summed E-state index contributed by atoms with van der Waals surface area (Å²) in [4.78, 5) is 44.9. The number of allylic oxidation sites excluding steroid dienone is 1. The number of rotatable bonds is 4. The van der Waals surface area contributed by atoms with Crippen LogP contribution in [0.1, 0.15) is 37.3 Å². The Bertz CT molecular complexity index is 1140. The van der Waals surface area contributed by atoms with E-state index in [-0.39, 0.29) is 31.6 Å². The summed E-state index contributed by atoms with van der Waals surface area (Å²) in [6, 6.07) is 4.92. The van der Waals surface area contributed by atoms with Crippen LogP contribution in [0.5, 0.6) is 0 Å². The van der Waals surface area contributed by atoms with Gasteiger partial charge in [-0.1, -0.05) is 43.4 Å². The van der Waals surface area contributed by atoms with Gasteiger partial charge in [0.1, 0.15) is 23.2 Å². The van der Waals surface area contributed by atoms with Crippen molar-refractivity contribution >= 4 is 23.5 Å². The number of β-amino-alcohol motifs (C(OH)–C–C–N with tert-alkyl or cyclic N) is 1. The third-order valence-corrected chi connectivity index (χ3v) is 8.13. The molecule has 0 saturated carbocycles. The normalized spacial score (nSPS) is 34.8. The average Bonchev–Trinajstić information content (AvgIpc) is 3.23. The van der Waals surface area contributed by atoms with Crippen LogP contribution in [0.15, 0.2) is 42.5 Å². The van der Waals surface area contributed by atoms with Gasteiger partial charge in [0.25, 0.3) is 5.91 Å². The SMILES string of the molecule is CC[C@]12/C=C\CCCOC(=O)[C@H]1[C@H]1C(=O)N(CCO)C3C(=O)N(c4cc(C)ccc4C)CC=C[C@@]31O2. The van der Waals surface area contributed by atoms with E-state index in [0.717, 1.165) is 23.2 Å². The third-order valence-electron chi connectivity index (χ3n) is 8.13. The van der Waals surface area contributed by atoms with E-state index < -0.39 is 35.0 Å². The molecule has 192 valence electrons. The molecule has 4 heterocycles. The van der Waals surface area contributed by atoms with E-state index in [4.69, 9.17) is 9.47 Å². The summed E-state index contributed by atoms with van der Waals surface area (Å²) in [7, 11) is 0. The number of anilines is 1. The summed E-state index contributed by atoms with van der Waals surface area (Å²) in [6.07, 6.45) is 9.46. The minimum atomic E-state index is -1.35. The highest BCUT2D eigenvalue weighted by Crippen LogP contribution is 2.58. The second kappa shape index (κ2) is 9.16. The number of nitrogens with zero attached hydrogens (tertiary/aromatic N) is 2. The number of esters is 1. The highest BCUT2D eigenvalue weighted by molar-refractivity contribution is 6.06. The fourth-order valence-electron chi connectivity index (χ4n) is 6.45. The molecular weight excluding hydrogens is 460 g/mol. The van der Waals surface area contributed by atoms with Crippen LogP contribution in [0.25, 0.3) is 0 Å². The van der Waals surface area contributed by atoms with Gasteiger partial charge < -0.3 is 24.4 Å². The van der Waals surface area contributed by atoms with Crippen LogP contribution in [0.4, 0.5) is 5.69 Å². The summed E-state index contributed by atoms with van der Waals surface area (Å²) in [5, 5.41) is 9.84. The van der Waals surface area contributed by atoms with Gasteiger partial charge in [-0.05, 0) is 50.3 Å². The molecule has 0 aromatic heterocycles. The molecule has 0 bridgehead atoms. The van der Waals surface area contributed by atoms with E-state index in [1.54, 1.807) is 4.90 Å². The van der Waals surface area contributed by atoms with Gasteiger partial charge in [-0.3, -0.25) is 14.4 Å². The molecule has 1 aromatic rings. The third kappa shape index (κ3) is 3.53. The second-order valence-electron chi connectivity index (χ2n) is 10.2. The molecule has 4 aliphatic heterocycles. The van der Waals surface area contributed by atoms with E-state index in [2.05, 4.69) is 0 Å². The monoisotopic (exact) mass is 494 g/mol. The van der Waals surface area contributed by atoms with Gasteiger partial charge in [0.15, 0.2) is 0 Å². The lowest BCUT2D eigenvalue weighted by molar-refractivity contribution is -0.159. The molecule has 2 fully saturated rings. The standard InChI is InChI=1S/C28H34N2O6/c1-4-27-11-6-5-7-16-35-26(34)22(27)21-24(32)30(14-15-31)23-25(33)29(13-8-12-28(21,23)36-27)20-17-18(2)9-10-19(20)3/h6,8-12,17,21-23,31H,4-5,7,13-16H2,1-3H3/b11-6-/t21-,22+,23?,27-,28-/m0/s1. The molecule has 5 rings (SSSR count). The molecular formula is C28H34N2O6. The van der Waals surface area contributed by atoms with E-state index in [9.17, 15) is 19.5 Å². The van der Waals surface area contributed by atoms with Crippen LogP contribution in [-0.2, 0) is 23.9 Å². The molecule has 1 aromatic carbocycles. The highest BCUT2D eigenvalue weighted by Gasteiger charge is 2.75. The summed E-state index contributed by atoms with van der Waals surface area (Å²) >= 11 is 0. The van der Waals surface area contributed by atoms with Gasteiger partial charge in [0, 0.05) is 18.8 Å². The topological polar surface area (TPSA) is 96.4 Å². The first kappa shape index (κ1) is 24.7. The molecule has 4 aliphatic rings. The Kier molecular flexibility index (Phi) is 6.29. The first-order valence-electron chi connectivity index (χ1n) is 12.8. The number of benzene rings is 1. The van der Waals surface area contributed by atoms with Gasteiger partial charge in [-0.2, -0.15) is 0 Å². The summed E-state index contributed by atoms with van der Waals surface area (Å²) < 4.78 is 12.5. The summed E-state index contributed by atoms with van der Waals surface area (Å²) in [6.45, 7) is 6.09. The maximum absolute atomic E-state index is 14.3. The van der Waals surface area contributed by atoms with Gasteiger partial charge >= 0.3 is 5.97 Å². The van der Waals surface area contributed by atoms with Gasteiger partial charge in [-0.25, -0.2) is 0 Å². The number of aliphatic hydroxyl groups excluding tert-OH is 1. The number of carbonyl (C=O) groups excluding carboxylic acids is 3. The lowest BCUT2D eigenvalue weighted by Gasteiger charge is -2.38. The zero-order valence-corrected chi connectivity index (χ0v) is 21.1. The van der Waals surface area contributed by atoms with Crippen LogP contribution in [0.3, 0.4) is 0 Å². The lowest BCUT2D eigenvalue weighted by Crippen LogP contribution is -2.56. The van der Waals surface area contributed by atoms with Crippen molar-refractivity contribution in [1.29, 1.82) is 0 Å². The molecule has 8 heteroatoms. The molecule has 5 atom stereocenters. The number of ether oxygens (including phenoxy) is 2. The van der Waals surface area contributed by atoms with E-state index >= 15 is 0 Å². The van der Waals surface area contributed by atoms with Crippen molar-refractivity contribution in [3.05, 3.63) is 53.6 Å². The smallest absolute Gasteiger partial charge is 0.313 e. The number of aryl methyl sites for hydroxylation is 2. The van der Waals surface area contributed by atoms with Crippen LogP contribution in [0.2, 0.25) is 0 Å². The largest absolute Gasteiger partial charge is 0.465 e. The maximum atomic E-state index is 14.3. The van der Waals surface area contributed by atoms with Gasteiger partial charge in [-0.15, -0.1) is 0 Å². The van der Waals surface area contributed by atoms with Crippen LogP contribution in [-0.4, -0.2) is 71.3 Å². The maximum Gasteiger partial charge on any atom is 0.313 e. The number of hydrogen-bond donors (Lipinski definition) is 1. The van der Waals surface area contributed by atoms with Crippen molar-refractivity contribution in [2.24, 2.45) is 11.8 Å². The molecule has 1 spiro atoms. The van der Waals surface area contributed by atoms with Crippen molar-refractivity contribution < 1.29 is 29.0 Å². The minimum Gasteiger partial charge on any atom is -0.465 e. The zero-order valence-electron chi connectivity index (χ0n) is 21.1. The molecule has 36 heavy (non-hydrogen) atoms. The van der Waals surface area contributed by atoms with E-state index in [1.165, 1.54) is 4.90 Å². The van der Waals surface area contributed by atoms with Crippen molar-refractivity contribution in [3.63, 3.8) is 0 Å². The summed E-state index contributed by atoms with van der Waals surface area (Å²) in [5.41, 5.74) is 0.313. The number of likely N-dealkylation sites (tertiary alicyclic amines) is 1. The molecule has 2 saturated heterocycles. The first-order valence-corrected chi connectivity index (χ1v) is 12.8. The second-order valence-corrected chi connectivity index (χ2v) is 10.2. The number of fused-ring (bicyclic) bond motifs is 2. The van der Waals surface area contributed by atoms with Crippen molar-refractivity contribution in [2.45, 2.75) is 57.3 Å². The fourth-order valence-corrected chi connectivity index (χ4v) is 6.45. The molecule has 0 aliphatic carbocycles. The molecule has 2 amide bonds. The van der Waals surface area contributed by atoms with E-state index in [1.807, 2.05) is 63.3 Å². The van der Waals surface area contributed by atoms with Gasteiger partial charge in [0.2, 0.25) is 5.91 Å². The Morgan fingerprint density at radius 3 is 2.64 bits per heavy atom. The predicted octanol–water partition coefficient (Wildman–Crippen LogP) is 2.45. The zero-order chi connectivity index (χ0) is 25.7. The number of hydrogen-bond acceptors (Lipinski definition) is 6. The Hall–Kier alpha value is -2.97. The van der Waals surface area contributed by atoms with Crippen LogP contribution in [0, 0.1) is 25.7 Å². The molecule has 8 nitrogen and oxygen atoms in total. The molecule has 1 unspecified atom stereocenters. The highest BCUT2D eigenvalue weighted by atomic mass is 16.6. The lowest BCUT2D eigenvalue weighted by atomic mass is 9.73. The molecule has 1 N–H and O–H groups in total. The number of carbonyl (C=O) groups is 3. The number of aliphatic hydroxyl groups is 1. The van der Waals surface area contributed by atoms with Crippen molar-refractivity contribution in [2.75, 3.05) is 31.2 Å². The van der Waals surface area contributed by atoms with E-state index in [0.29, 0.717) is 19.4 Å². The Labute approximate surface area is 211 Å². The van der Waals surface area contributed by atoms with Gasteiger partial charge in [0.05, 0.1) is 19.1 Å². The first-order chi connectivity index (χ1) is 17.3. The average molecular weight is 495 g/mol. The summed E-state index contributed by atoms with van der Waals surface area (Å²) in [5.74, 6) is -2.93. The predicted molar refractivity (Wildman–Crippen MR) is 133 cm³/mol. The minimum absolute atomic E-state index is 0.0257. The van der Waals surface area contributed by atoms with Crippen molar-refractivity contribution in [1.82, 2.24) is 4.90 Å². The number of amides is 2. The Morgan fingerprint density at radius 1 is 1.08 bits per heavy atom. The Balaban J connectivity index is 1.68. The van der Waals surface area contributed by atoms with Crippen LogP contribution >= 0.6 is 0 Å². The Morgan fingerprint density at radius 2 is 1.89 bits per heavy atom. The quantitative estimate of drug-likeness (QED) is 0.510.